The van der Waals surface area contributed by atoms with Crippen LogP contribution in [0.1, 0.15) is 29.5 Å². The van der Waals surface area contributed by atoms with Gasteiger partial charge in [0.25, 0.3) is 0 Å². The van der Waals surface area contributed by atoms with E-state index < -0.39 is 0 Å². The van der Waals surface area contributed by atoms with Gasteiger partial charge in [0.2, 0.25) is 0 Å². The van der Waals surface area contributed by atoms with Gasteiger partial charge in [0.05, 0.1) is 0 Å². The minimum atomic E-state index is 0.634. The molecule has 1 aromatic rings. The smallest absolute Gasteiger partial charge is 0.0403 e. The van der Waals surface area contributed by atoms with Gasteiger partial charge in [0.1, 0.15) is 0 Å². The third kappa shape index (κ3) is 1.93. The third-order valence-corrected chi connectivity index (χ3v) is 4.06. The quantitative estimate of drug-likeness (QED) is 0.655. The van der Waals surface area contributed by atoms with Crippen LogP contribution in [0.15, 0.2) is 17.5 Å². The molecule has 0 aromatic carbocycles. The summed E-state index contributed by atoms with van der Waals surface area (Å²) in [5, 5.41) is 0. The lowest BCUT2D eigenvalue weighted by Crippen LogP contribution is -1.77. The SMILES string of the molecule is C=Cc1sc(C(C)C)cc1SC. The lowest BCUT2D eigenvalue weighted by atomic mass is 10.2. The van der Waals surface area contributed by atoms with Crippen molar-refractivity contribution < 1.29 is 0 Å². The van der Waals surface area contributed by atoms with Gasteiger partial charge in [0, 0.05) is 14.6 Å². The fraction of sp³-hybridized carbons (Fsp3) is 0.400. The molecule has 0 saturated carbocycles. The van der Waals surface area contributed by atoms with Crippen LogP contribution in [0.2, 0.25) is 0 Å². The van der Waals surface area contributed by atoms with Crippen LogP contribution in [0.3, 0.4) is 0 Å². The Hall–Kier alpha value is -0.210. The van der Waals surface area contributed by atoms with Crippen LogP contribution in [0.4, 0.5) is 0 Å². The lowest BCUT2D eigenvalue weighted by Gasteiger charge is -1.96. The number of thioether (sulfide) groups is 1. The Kier molecular flexibility index (Phi) is 3.41. The summed E-state index contributed by atoms with van der Waals surface area (Å²) in [7, 11) is 0. The van der Waals surface area contributed by atoms with Crippen LogP contribution in [0, 0.1) is 0 Å². The van der Waals surface area contributed by atoms with Crippen LogP contribution in [-0.2, 0) is 0 Å². The molecule has 1 heterocycles. The zero-order valence-corrected chi connectivity index (χ0v) is 9.39. The zero-order valence-electron chi connectivity index (χ0n) is 7.76. The minimum Gasteiger partial charge on any atom is -0.139 e. The second-order valence-electron chi connectivity index (χ2n) is 2.94. The van der Waals surface area contributed by atoms with Crippen LogP contribution < -0.4 is 0 Å². The molecule has 0 fully saturated rings. The van der Waals surface area contributed by atoms with Gasteiger partial charge in [0.15, 0.2) is 0 Å². The third-order valence-electron chi connectivity index (χ3n) is 1.72. The number of thiophene rings is 1. The standard InChI is InChI=1S/C10H14S2/c1-5-8-10(11-4)6-9(12-8)7(2)3/h5-7H,1H2,2-4H3. The van der Waals surface area contributed by atoms with Crippen molar-refractivity contribution in [3.8, 4) is 0 Å². The summed E-state index contributed by atoms with van der Waals surface area (Å²) in [6.45, 7) is 8.26. The monoisotopic (exact) mass is 198 g/mol. The molecule has 1 rings (SSSR count). The first-order valence-corrected chi connectivity index (χ1v) is 6.03. The average molecular weight is 198 g/mol. The summed E-state index contributed by atoms with van der Waals surface area (Å²) in [5.74, 6) is 0.634. The molecular formula is C10H14S2. The zero-order chi connectivity index (χ0) is 9.14. The Morgan fingerprint density at radius 2 is 2.25 bits per heavy atom. The van der Waals surface area contributed by atoms with E-state index in [4.69, 9.17) is 0 Å². The van der Waals surface area contributed by atoms with Crippen molar-refractivity contribution in [2.75, 3.05) is 6.26 Å². The Labute approximate surface area is 82.7 Å². The first-order chi connectivity index (χ1) is 5.69. The van der Waals surface area contributed by atoms with E-state index in [-0.39, 0.29) is 0 Å². The van der Waals surface area contributed by atoms with Crippen LogP contribution in [0.25, 0.3) is 6.08 Å². The van der Waals surface area contributed by atoms with Crippen molar-refractivity contribution in [2.24, 2.45) is 0 Å². The summed E-state index contributed by atoms with van der Waals surface area (Å²) in [4.78, 5) is 4.12. The molecule has 0 nitrogen and oxygen atoms in total. The maximum Gasteiger partial charge on any atom is 0.0403 e. The first kappa shape index (κ1) is 9.87. The van der Waals surface area contributed by atoms with Gasteiger partial charge in [-0.1, -0.05) is 26.5 Å². The molecule has 0 unspecified atom stereocenters. The van der Waals surface area contributed by atoms with Gasteiger partial charge in [-0.2, -0.15) is 0 Å². The second-order valence-corrected chi connectivity index (χ2v) is 4.90. The summed E-state index contributed by atoms with van der Waals surface area (Å²) in [6.07, 6.45) is 4.06. The number of rotatable bonds is 3. The van der Waals surface area contributed by atoms with E-state index >= 15 is 0 Å². The van der Waals surface area contributed by atoms with Crippen molar-refractivity contribution in [1.29, 1.82) is 0 Å². The predicted octanol–water partition coefficient (Wildman–Crippen LogP) is 4.24. The van der Waals surface area contributed by atoms with E-state index in [0.717, 1.165) is 0 Å². The van der Waals surface area contributed by atoms with Gasteiger partial charge < -0.3 is 0 Å². The van der Waals surface area contributed by atoms with E-state index in [2.05, 4.69) is 32.7 Å². The van der Waals surface area contributed by atoms with Gasteiger partial charge in [-0.15, -0.1) is 23.1 Å². The highest BCUT2D eigenvalue weighted by Gasteiger charge is 2.07. The molecule has 2 heteroatoms. The van der Waals surface area contributed by atoms with Crippen LogP contribution in [0.5, 0.6) is 0 Å². The fourth-order valence-corrected chi connectivity index (χ4v) is 2.88. The van der Waals surface area contributed by atoms with E-state index in [1.807, 2.05) is 17.4 Å². The molecule has 0 aliphatic rings. The van der Waals surface area contributed by atoms with Crippen molar-refractivity contribution >= 4 is 29.2 Å². The summed E-state index contributed by atoms with van der Waals surface area (Å²) in [6, 6.07) is 2.27. The Balaban J connectivity index is 3.05. The van der Waals surface area contributed by atoms with E-state index in [1.165, 1.54) is 14.6 Å². The fourth-order valence-electron chi connectivity index (χ4n) is 0.993. The topological polar surface area (TPSA) is 0 Å². The van der Waals surface area contributed by atoms with Crippen molar-refractivity contribution in [2.45, 2.75) is 24.7 Å². The highest BCUT2D eigenvalue weighted by Crippen LogP contribution is 2.34. The maximum absolute atomic E-state index is 3.81. The van der Waals surface area contributed by atoms with E-state index in [0.29, 0.717) is 5.92 Å². The molecule has 12 heavy (non-hydrogen) atoms. The van der Waals surface area contributed by atoms with Crippen molar-refractivity contribution in [3.63, 3.8) is 0 Å². The highest BCUT2D eigenvalue weighted by atomic mass is 32.2. The highest BCUT2D eigenvalue weighted by molar-refractivity contribution is 7.98. The Morgan fingerprint density at radius 3 is 2.58 bits per heavy atom. The molecule has 0 bridgehead atoms. The Bertz CT molecular complexity index is 271. The maximum atomic E-state index is 3.81. The molecule has 0 aliphatic carbocycles. The molecule has 0 atom stereocenters. The minimum absolute atomic E-state index is 0.634. The molecule has 0 saturated heterocycles. The number of hydrogen-bond acceptors (Lipinski definition) is 2. The van der Waals surface area contributed by atoms with Gasteiger partial charge in [-0.25, -0.2) is 0 Å². The van der Waals surface area contributed by atoms with Crippen LogP contribution in [-0.4, -0.2) is 6.26 Å². The summed E-state index contributed by atoms with van der Waals surface area (Å²) < 4.78 is 0. The van der Waals surface area contributed by atoms with Crippen molar-refractivity contribution in [3.05, 3.63) is 22.4 Å². The summed E-state index contributed by atoms with van der Waals surface area (Å²) >= 11 is 3.65. The van der Waals surface area contributed by atoms with Crippen LogP contribution >= 0.6 is 23.1 Å². The lowest BCUT2D eigenvalue weighted by molar-refractivity contribution is 0.887. The molecule has 0 aliphatic heterocycles. The predicted molar refractivity (Wildman–Crippen MR) is 60.3 cm³/mol. The van der Waals surface area contributed by atoms with E-state index in [1.54, 1.807) is 11.8 Å². The van der Waals surface area contributed by atoms with Gasteiger partial charge in [-0.3, -0.25) is 0 Å². The summed E-state index contributed by atoms with van der Waals surface area (Å²) in [5.41, 5.74) is 0. The number of hydrogen-bond donors (Lipinski definition) is 0. The molecule has 0 spiro atoms. The van der Waals surface area contributed by atoms with Gasteiger partial charge in [-0.05, 0) is 18.2 Å². The molecule has 0 radical (unpaired) electrons. The van der Waals surface area contributed by atoms with Gasteiger partial charge >= 0.3 is 0 Å². The normalized spacial score (nSPS) is 10.7. The Morgan fingerprint density at radius 1 is 1.58 bits per heavy atom. The largest absolute Gasteiger partial charge is 0.139 e. The second kappa shape index (κ2) is 4.15. The molecule has 1 aromatic heterocycles. The average Bonchev–Trinajstić information content (AvgIpc) is 2.46. The first-order valence-electron chi connectivity index (χ1n) is 3.99. The molecule has 66 valence electrons. The molecule has 0 N–H and O–H groups in total. The molecule has 0 amide bonds. The van der Waals surface area contributed by atoms with E-state index in [9.17, 15) is 0 Å². The molecular weight excluding hydrogens is 184 g/mol. The van der Waals surface area contributed by atoms with Crippen molar-refractivity contribution in [1.82, 2.24) is 0 Å².